The number of carbonyl (C=O) groups is 1. The maximum absolute atomic E-state index is 12.8. The number of aryl methyl sites for hydroxylation is 1. The molecule has 14 rings (SSSR count). The summed E-state index contributed by atoms with van der Waals surface area (Å²) in [6, 6.07) is 57.6. The molecular formula is C88H109ClN28O8. The number of pyridine rings is 1. The summed E-state index contributed by atoms with van der Waals surface area (Å²) in [5.74, 6) is 5.74. The molecule has 125 heavy (non-hydrogen) atoms. The van der Waals surface area contributed by atoms with Crippen LogP contribution >= 0.6 is 11.6 Å². The van der Waals surface area contributed by atoms with E-state index >= 15 is 0 Å². The zero-order chi connectivity index (χ0) is 90.2. The smallest absolute Gasteiger partial charge is 0.231 e. The molecule has 0 saturated heterocycles. The number of nitrogens with two attached hydrogens (primary N) is 14. The minimum absolute atomic E-state index is 0.00996. The van der Waals surface area contributed by atoms with Gasteiger partial charge in [-0.2, -0.15) is 44.9 Å². The van der Waals surface area contributed by atoms with Crippen molar-refractivity contribution < 1.29 is 38.7 Å². The lowest BCUT2D eigenvalue weighted by atomic mass is 9.90. The number of hydrogen-bond donors (Lipinski definition) is 16. The second-order valence-electron chi connectivity index (χ2n) is 27.7. The summed E-state index contributed by atoms with van der Waals surface area (Å²) >= 11 is 5.86. The van der Waals surface area contributed by atoms with Crippen LogP contribution in [0.1, 0.15) is 119 Å². The first-order chi connectivity index (χ1) is 60.2. The summed E-state index contributed by atoms with van der Waals surface area (Å²) in [5, 5.41) is 19.5. The van der Waals surface area contributed by atoms with E-state index in [-0.39, 0.29) is 71.9 Å². The maximum Gasteiger partial charge on any atom is 0.231 e. The average Bonchev–Trinajstić information content (AvgIpc) is 1.32. The second kappa shape index (κ2) is 49.7. The van der Waals surface area contributed by atoms with Crippen LogP contribution in [-0.2, 0) is 45.7 Å². The number of anilines is 14. The number of halogens is 1. The van der Waals surface area contributed by atoms with Gasteiger partial charge in [-0.15, -0.1) is 0 Å². The number of ether oxygens (including phenoxy) is 5. The standard InChI is InChI=1S/C18H22N4O2.C14H18N4O3.C13H15ClN4.C12H13N3O.C11H12N4O.C10H19N5O.C10H10N4/c19-16-14(15(23)13-9-5-2-6-10-13)17(22-18(20)21-16)24-11-12-7-3-1-4-8-12;1-21-12-4-8(3-10(6-19)11(12)7-20)2-9-5-17-14(16)18-13(9)15;1-2-11-10(12(15)18-13(16)17-11)7-8-3-5-9(14)6-4-8;13-11-6-10(7-12(14)15-11)16-8-9-4-2-1-3-5-9;12-9-6-10(15-11(13)14-9)16-7-8-4-2-1-3-5-8;1-3-15(4-2)5-6-16-9-7-8(11)13-10(12)14-9;11-9-6-8(13-10(12)14-9)7-4-2-1-3-5-7/h2,5-6,9-10,12H,1,3-4,7-8,11H2,(H4,19,20,21,22);3-5,19-20H,2,6-7H2,1H3,(H4,15,16,17,18);3-6H,2,7H2,1H3,(H4,15,16,17,18);1-7H,8H2,(H4,13,14,15);1-6H,7H2,(H4,12,13,14,15);7H,3-6H2,1-2H3,(H4,11,12,13,14);1-6H,(H4,11,12,13,14). The molecule has 7 heterocycles. The molecule has 1 aliphatic rings. The molecule has 37 heteroatoms. The van der Waals surface area contributed by atoms with Crippen LogP contribution in [-0.4, -0.2) is 126 Å². The van der Waals surface area contributed by atoms with Gasteiger partial charge in [-0.1, -0.05) is 191 Å². The van der Waals surface area contributed by atoms with Crippen molar-refractivity contribution >= 4 is 99.6 Å². The number of likely N-dealkylation sites (N-methyl/N-ethyl adjacent to an activating group) is 1. The third kappa shape index (κ3) is 32.2. The fourth-order valence-electron chi connectivity index (χ4n) is 12.3. The quantitative estimate of drug-likeness (QED) is 0.0224. The molecule has 30 N–H and O–H groups in total. The minimum Gasteiger partial charge on any atom is -0.496 e. The molecule has 13 aromatic rings. The molecule has 0 atom stereocenters. The van der Waals surface area contributed by atoms with Crippen LogP contribution in [0.3, 0.4) is 0 Å². The molecule has 36 nitrogen and oxygen atoms in total. The van der Waals surface area contributed by atoms with Crippen molar-refractivity contribution in [3.63, 3.8) is 0 Å². The van der Waals surface area contributed by atoms with Crippen LogP contribution in [0, 0.1) is 5.92 Å². The molecule has 7 aromatic heterocycles. The van der Waals surface area contributed by atoms with Crippen molar-refractivity contribution in [3.8, 4) is 40.4 Å². The van der Waals surface area contributed by atoms with Crippen LogP contribution in [0.5, 0.6) is 29.1 Å². The maximum atomic E-state index is 12.8. The lowest BCUT2D eigenvalue weighted by Crippen LogP contribution is -2.28. The molecule has 0 amide bonds. The highest BCUT2D eigenvalue weighted by molar-refractivity contribution is 6.30. The Balaban J connectivity index is 0.000000182. The van der Waals surface area contributed by atoms with Gasteiger partial charge in [-0.3, -0.25) is 4.79 Å². The third-order valence-electron chi connectivity index (χ3n) is 18.5. The number of rotatable bonds is 26. The minimum atomic E-state index is -0.258. The summed E-state index contributed by atoms with van der Waals surface area (Å²) in [6.07, 6.45) is 9.50. The van der Waals surface area contributed by atoms with E-state index in [0.717, 1.165) is 94.3 Å². The summed E-state index contributed by atoms with van der Waals surface area (Å²) < 4.78 is 27.5. The van der Waals surface area contributed by atoms with Gasteiger partial charge in [0.2, 0.25) is 59.1 Å². The number of methoxy groups -OCH3 is 1. The second-order valence-corrected chi connectivity index (χ2v) is 28.2. The van der Waals surface area contributed by atoms with Crippen molar-refractivity contribution in [1.82, 2.24) is 69.7 Å². The first-order valence-electron chi connectivity index (χ1n) is 39.8. The fraction of sp³-hybridized carbons (Fsp3) is 0.250. The summed E-state index contributed by atoms with van der Waals surface area (Å²) in [4.78, 5) is 66.2. The van der Waals surface area contributed by atoms with Gasteiger partial charge < -0.3 is 119 Å². The van der Waals surface area contributed by atoms with E-state index < -0.39 is 0 Å². The largest absolute Gasteiger partial charge is 0.496 e. The molecule has 656 valence electrons. The van der Waals surface area contributed by atoms with Crippen molar-refractivity contribution in [2.75, 3.05) is 120 Å². The van der Waals surface area contributed by atoms with Gasteiger partial charge in [-0.25, -0.2) is 19.9 Å². The number of carbonyl (C=O) groups excluding carboxylic acids is 1. The molecule has 1 aliphatic carbocycles. The first kappa shape index (κ1) is 95.5. The molecule has 1 saturated carbocycles. The number of nitrogen functional groups attached to an aromatic ring is 14. The van der Waals surface area contributed by atoms with Gasteiger partial charge in [0.15, 0.2) is 0 Å². The van der Waals surface area contributed by atoms with E-state index in [1.165, 1.54) is 26.4 Å². The Kier molecular flexibility index (Phi) is 37.9. The van der Waals surface area contributed by atoms with E-state index in [1.807, 2.05) is 128 Å². The Morgan fingerprint density at radius 1 is 0.456 bits per heavy atom. The molecule has 0 bridgehead atoms. The van der Waals surface area contributed by atoms with Gasteiger partial charge in [0.05, 0.1) is 38.3 Å². The highest BCUT2D eigenvalue weighted by atomic mass is 35.5. The molecule has 0 unspecified atom stereocenters. The van der Waals surface area contributed by atoms with Gasteiger partial charge in [0.25, 0.3) is 0 Å². The van der Waals surface area contributed by atoms with E-state index in [9.17, 15) is 15.0 Å². The van der Waals surface area contributed by atoms with Crippen molar-refractivity contribution in [1.29, 1.82) is 0 Å². The van der Waals surface area contributed by atoms with E-state index in [4.69, 9.17) is 116 Å². The summed E-state index contributed by atoms with van der Waals surface area (Å²) in [7, 11) is 1.51. The number of aliphatic hydroxyl groups is 2. The van der Waals surface area contributed by atoms with Crippen LogP contribution in [0.4, 0.5) is 82.2 Å². The molecule has 6 aromatic carbocycles. The molecule has 0 radical (unpaired) electrons. The van der Waals surface area contributed by atoms with Crippen molar-refractivity contribution in [2.24, 2.45) is 5.92 Å². The molecular weight excluding hydrogens is 1610 g/mol. The molecule has 1 fully saturated rings. The Morgan fingerprint density at radius 2 is 0.976 bits per heavy atom. The Labute approximate surface area is 730 Å². The Bertz CT molecular complexity index is 5310. The lowest BCUT2D eigenvalue weighted by Gasteiger charge is -2.22. The topological polar surface area (TPSA) is 639 Å². The van der Waals surface area contributed by atoms with E-state index in [1.54, 1.807) is 72.9 Å². The zero-order valence-corrected chi connectivity index (χ0v) is 70.9. The van der Waals surface area contributed by atoms with Crippen LogP contribution in [0.2, 0.25) is 5.02 Å². The third-order valence-corrected chi connectivity index (χ3v) is 18.8. The molecule has 0 aliphatic heterocycles. The van der Waals surface area contributed by atoms with Gasteiger partial charge in [0.1, 0.15) is 83.4 Å². The van der Waals surface area contributed by atoms with Gasteiger partial charge >= 0.3 is 0 Å². The van der Waals surface area contributed by atoms with E-state index in [0.29, 0.717) is 126 Å². The van der Waals surface area contributed by atoms with Crippen molar-refractivity contribution in [3.05, 3.63) is 261 Å². The van der Waals surface area contributed by atoms with Crippen LogP contribution in [0.25, 0.3) is 11.3 Å². The number of hydrogen-bond acceptors (Lipinski definition) is 36. The predicted molar refractivity (Wildman–Crippen MR) is 492 cm³/mol. The highest BCUT2D eigenvalue weighted by Gasteiger charge is 2.24. The number of ketones is 1. The highest BCUT2D eigenvalue weighted by Crippen LogP contribution is 2.32. The Hall–Kier alpha value is -15.0. The first-order valence-corrected chi connectivity index (χ1v) is 40.1. The zero-order valence-electron chi connectivity index (χ0n) is 70.1. The van der Waals surface area contributed by atoms with Gasteiger partial charge in [0, 0.05) is 88.8 Å². The lowest BCUT2D eigenvalue weighted by molar-refractivity contribution is 0.103. The summed E-state index contributed by atoms with van der Waals surface area (Å²) in [5.41, 5.74) is 88.8. The predicted octanol–water partition coefficient (Wildman–Crippen LogP) is 10.2. The summed E-state index contributed by atoms with van der Waals surface area (Å²) in [6.45, 7) is 10.7. The van der Waals surface area contributed by atoms with Crippen LogP contribution in [0.15, 0.2) is 194 Å². The number of aromatic nitrogens is 13. The van der Waals surface area contributed by atoms with Crippen molar-refractivity contribution in [2.45, 2.75) is 98.6 Å². The normalized spacial score (nSPS) is 11.3. The molecule has 0 spiro atoms. The monoisotopic (exact) mass is 1720 g/mol. The SMILES string of the molecule is CCN(CC)CCOc1cc(N)nc(N)n1.CCc1nc(N)nc(N)c1Cc1ccc(Cl)cc1.COc1cc(Cc2cnc(N)nc2N)cc(CO)c1CO.Nc1cc(-c2ccccc2)nc(N)n1.Nc1cc(OCc2ccccc2)cc(N)n1.Nc1cc(OCc2ccccc2)nc(N)n1.Nc1nc(N)c(C(=O)c2ccccc2)c(OCC2CCCCC2)n1. The number of aliphatic hydroxyl groups excluding tert-OH is 2. The number of benzene rings is 6. The van der Waals surface area contributed by atoms with Gasteiger partial charge in [-0.05, 0) is 84.3 Å². The fourth-order valence-corrected chi connectivity index (χ4v) is 12.5. The Morgan fingerprint density at radius 3 is 1.52 bits per heavy atom. The van der Waals surface area contributed by atoms with Crippen LogP contribution < -0.4 is 104 Å². The van der Waals surface area contributed by atoms with E-state index in [2.05, 4.69) is 83.5 Å². The average molecular weight is 1720 g/mol. The number of nitrogens with zero attached hydrogens (tertiary/aromatic N) is 14.